The normalized spacial score (nSPS) is 28.8. The molecule has 1 aliphatic carbocycles. The highest BCUT2D eigenvalue weighted by molar-refractivity contribution is 5.78. The molecule has 0 N–H and O–H groups in total. The lowest BCUT2D eigenvalue weighted by atomic mass is 9.78. The third-order valence-electron chi connectivity index (χ3n) is 3.54. The minimum Gasteiger partial charge on any atom is -0.300 e. The predicted molar refractivity (Wildman–Crippen MR) is 60.1 cm³/mol. The monoisotopic (exact) mass is 194 g/mol. The Morgan fingerprint density at radius 2 is 2.29 bits per heavy atom. The van der Waals surface area contributed by atoms with Crippen LogP contribution in [-0.4, -0.2) is 5.78 Å². The van der Waals surface area contributed by atoms with E-state index in [1.54, 1.807) is 6.92 Å². The van der Waals surface area contributed by atoms with Gasteiger partial charge in [-0.05, 0) is 44.4 Å². The van der Waals surface area contributed by atoms with Crippen LogP contribution in [0.1, 0.15) is 46.5 Å². The number of allylic oxidation sites excluding steroid dienone is 2. The summed E-state index contributed by atoms with van der Waals surface area (Å²) in [5.74, 6) is 2.06. The minimum absolute atomic E-state index is 0.300. The van der Waals surface area contributed by atoms with Crippen molar-refractivity contribution in [1.29, 1.82) is 0 Å². The smallest absolute Gasteiger partial charge is 0.132 e. The van der Waals surface area contributed by atoms with Gasteiger partial charge < -0.3 is 0 Å². The van der Waals surface area contributed by atoms with Gasteiger partial charge in [0, 0.05) is 5.92 Å². The van der Waals surface area contributed by atoms with Crippen LogP contribution < -0.4 is 0 Å². The molecule has 3 unspecified atom stereocenters. The highest BCUT2D eigenvalue weighted by Crippen LogP contribution is 2.31. The van der Waals surface area contributed by atoms with Crippen LogP contribution in [0.15, 0.2) is 12.2 Å². The molecule has 3 atom stereocenters. The van der Waals surface area contributed by atoms with E-state index in [9.17, 15) is 4.79 Å². The van der Waals surface area contributed by atoms with Gasteiger partial charge in [0.2, 0.25) is 0 Å². The molecular formula is C13H22O. The summed E-state index contributed by atoms with van der Waals surface area (Å²) in [5, 5.41) is 0. The Morgan fingerprint density at radius 1 is 1.57 bits per heavy atom. The Morgan fingerprint density at radius 3 is 2.79 bits per heavy atom. The van der Waals surface area contributed by atoms with E-state index in [-0.39, 0.29) is 0 Å². The lowest BCUT2D eigenvalue weighted by Crippen LogP contribution is -2.20. The molecule has 0 saturated heterocycles. The summed E-state index contributed by atoms with van der Waals surface area (Å²) >= 11 is 0. The van der Waals surface area contributed by atoms with Crippen LogP contribution in [0.4, 0.5) is 0 Å². The zero-order valence-electron chi connectivity index (χ0n) is 9.62. The first-order chi connectivity index (χ1) is 6.65. The minimum atomic E-state index is 0.300. The molecular weight excluding hydrogens is 172 g/mol. The summed E-state index contributed by atoms with van der Waals surface area (Å²) in [6.07, 6.45) is 9.14. The molecule has 0 amide bonds. The maximum Gasteiger partial charge on any atom is 0.132 e. The number of ketones is 1. The van der Waals surface area contributed by atoms with Crippen LogP contribution >= 0.6 is 0 Å². The van der Waals surface area contributed by atoms with Crippen molar-refractivity contribution in [3.8, 4) is 0 Å². The summed E-state index contributed by atoms with van der Waals surface area (Å²) in [6, 6.07) is 0. The van der Waals surface area contributed by atoms with E-state index in [0.717, 1.165) is 18.8 Å². The van der Waals surface area contributed by atoms with E-state index < -0.39 is 0 Å². The molecule has 0 aliphatic heterocycles. The van der Waals surface area contributed by atoms with Crippen molar-refractivity contribution >= 4 is 5.78 Å². The second kappa shape index (κ2) is 5.33. The summed E-state index contributed by atoms with van der Waals surface area (Å²) in [4.78, 5) is 11.3. The van der Waals surface area contributed by atoms with Crippen LogP contribution in [-0.2, 0) is 4.79 Å². The van der Waals surface area contributed by atoms with Gasteiger partial charge in [-0.1, -0.05) is 26.0 Å². The SMILES string of the molecule is CCC(CC1CCC=CC1C)C(C)=O. The third kappa shape index (κ3) is 2.97. The van der Waals surface area contributed by atoms with E-state index in [4.69, 9.17) is 0 Å². The zero-order chi connectivity index (χ0) is 10.6. The maximum absolute atomic E-state index is 11.3. The molecule has 0 radical (unpaired) electrons. The fraction of sp³-hybridized carbons (Fsp3) is 0.769. The topological polar surface area (TPSA) is 17.1 Å². The lowest BCUT2D eigenvalue weighted by Gasteiger charge is -2.27. The van der Waals surface area contributed by atoms with Crippen LogP contribution in [0.3, 0.4) is 0 Å². The number of carbonyl (C=O) groups excluding carboxylic acids is 1. The van der Waals surface area contributed by atoms with Gasteiger partial charge in [-0.25, -0.2) is 0 Å². The van der Waals surface area contributed by atoms with Crippen LogP contribution in [0, 0.1) is 17.8 Å². The highest BCUT2D eigenvalue weighted by Gasteiger charge is 2.23. The molecule has 0 bridgehead atoms. The fourth-order valence-corrected chi connectivity index (χ4v) is 2.36. The van der Waals surface area contributed by atoms with Crippen molar-refractivity contribution in [1.82, 2.24) is 0 Å². The fourth-order valence-electron chi connectivity index (χ4n) is 2.36. The molecule has 0 heterocycles. The first-order valence-electron chi connectivity index (χ1n) is 5.82. The summed E-state index contributed by atoms with van der Waals surface area (Å²) in [5.41, 5.74) is 0. The highest BCUT2D eigenvalue weighted by atomic mass is 16.1. The third-order valence-corrected chi connectivity index (χ3v) is 3.54. The van der Waals surface area contributed by atoms with Crippen molar-refractivity contribution in [3.05, 3.63) is 12.2 Å². The van der Waals surface area contributed by atoms with Gasteiger partial charge in [0.15, 0.2) is 0 Å². The van der Waals surface area contributed by atoms with Crippen LogP contribution in [0.5, 0.6) is 0 Å². The molecule has 1 heteroatoms. The van der Waals surface area contributed by atoms with Crippen molar-refractivity contribution in [2.45, 2.75) is 46.5 Å². The van der Waals surface area contributed by atoms with Gasteiger partial charge in [-0.2, -0.15) is 0 Å². The van der Waals surface area contributed by atoms with E-state index in [1.807, 2.05) is 0 Å². The second-order valence-electron chi connectivity index (χ2n) is 4.58. The molecule has 0 saturated carbocycles. The standard InChI is InChI=1S/C13H22O/c1-4-12(11(3)14)9-13-8-6-5-7-10(13)2/h5,7,10,12-13H,4,6,8-9H2,1-3H3. The molecule has 0 spiro atoms. The van der Waals surface area contributed by atoms with E-state index in [2.05, 4.69) is 26.0 Å². The molecule has 0 aromatic carbocycles. The summed E-state index contributed by atoms with van der Waals surface area (Å²) in [6.45, 7) is 6.13. The number of hydrogen-bond donors (Lipinski definition) is 0. The van der Waals surface area contributed by atoms with Crippen molar-refractivity contribution in [3.63, 3.8) is 0 Å². The van der Waals surface area contributed by atoms with Crippen molar-refractivity contribution < 1.29 is 4.79 Å². The second-order valence-corrected chi connectivity index (χ2v) is 4.58. The van der Waals surface area contributed by atoms with E-state index >= 15 is 0 Å². The number of rotatable bonds is 4. The maximum atomic E-state index is 11.3. The van der Waals surface area contributed by atoms with Gasteiger partial charge in [-0.15, -0.1) is 0 Å². The predicted octanol–water partition coefficient (Wildman–Crippen LogP) is 3.59. The van der Waals surface area contributed by atoms with Crippen molar-refractivity contribution in [2.75, 3.05) is 0 Å². The summed E-state index contributed by atoms with van der Waals surface area (Å²) < 4.78 is 0. The average molecular weight is 194 g/mol. The molecule has 1 aliphatic rings. The van der Waals surface area contributed by atoms with E-state index in [0.29, 0.717) is 17.6 Å². The number of carbonyl (C=O) groups is 1. The Bertz CT molecular complexity index is 217. The molecule has 80 valence electrons. The Hall–Kier alpha value is -0.590. The largest absolute Gasteiger partial charge is 0.300 e. The quantitative estimate of drug-likeness (QED) is 0.625. The number of hydrogen-bond acceptors (Lipinski definition) is 1. The molecule has 14 heavy (non-hydrogen) atoms. The van der Waals surface area contributed by atoms with Gasteiger partial charge in [0.25, 0.3) is 0 Å². The van der Waals surface area contributed by atoms with Gasteiger partial charge in [0.05, 0.1) is 0 Å². The van der Waals surface area contributed by atoms with Gasteiger partial charge in [0.1, 0.15) is 5.78 Å². The average Bonchev–Trinajstić information content (AvgIpc) is 2.16. The van der Waals surface area contributed by atoms with Gasteiger partial charge >= 0.3 is 0 Å². The Kier molecular flexibility index (Phi) is 4.37. The Labute approximate surface area is 87.6 Å². The van der Waals surface area contributed by atoms with Crippen molar-refractivity contribution in [2.24, 2.45) is 17.8 Å². The van der Waals surface area contributed by atoms with Crippen LogP contribution in [0.2, 0.25) is 0 Å². The van der Waals surface area contributed by atoms with Crippen LogP contribution in [0.25, 0.3) is 0 Å². The number of Topliss-reactive ketones (excluding diaryl/α,β-unsaturated/α-hetero) is 1. The Balaban J connectivity index is 2.49. The molecule has 1 rings (SSSR count). The first kappa shape index (κ1) is 11.5. The first-order valence-corrected chi connectivity index (χ1v) is 5.82. The molecule has 0 aromatic heterocycles. The molecule has 0 fully saturated rings. The van der Waals surface area contributed by atoms with E-state index in [1.165, 1.54) is 12.8 Å². The molecule has 1 nitrogen and oxygen atoms in total. The van der Waals surface area contributed by atoms with Gasteiger partial charge in [-0.3, -0.25) is 4.79 Å². The zero-order valence-corrected chi connectivity index (χ0v) is 9.62. The molecule has 0 aromatic rings. The lowest BCUT2D eigenvalue weighted by molar-refractivity contribution is -0.121. The summed E-state index contributed by atoms with van der Waals surface area (Å²) in [7, 11) is 0.